The average molecular weight is 296 g/mol. The van der Waals surface area contributed by atoms with Crippen molar-refractivity contribution >= 4 is 17.5 Å². The van der Waals surface area contributed by atoms with Crippen molar-refractivity contribution < 1.29 is 9.53 Å². The van der Waals surface area contributed by atoms with Gasteiger partial charge in [0.1, 0.15) is 5.75 Å². The maximum absolute atomic E-state index is 12.4. The van der Waals surface area contributed by atoms with Gasteiger partial charge in [0.25, 0.3) is 0 Å². The minimum atomic E-state index is 0.195. The summed E-state index contributed by atoms with van der Waals surface area (Å²) in [6, 6.07) is 3.74. The van der Waals surface area contributed by atoms with Crippen molar-refractivity contribution in [1.82, 2.24) is 4.90 Å². The second-order valence-electron chi connectivity index (χ2n) is 5.68. The quantitative estimate of drug-likeness (QED) is 0.855. The largest absolute Gasteiger partial charge is 0.495 e. The lowest BCUT2D eigenvalue weighted by atomic mass is 9.99. The van der Waals surface area contributed by atoms with Crippen LogP contribution in [0.2, 0.25) is 5.02 Å². The van der Waals surface area contributed by atoms with Gasteiger partial charge in [-0.25, -0.2) is 0 Å². The van der Waals surface area contributed by atoms with Crippen LogP contribution in [0.3, 0.4) is 0 Å². The molecule has 1 atom stereocenters. The molecule has 0 aliphatic carbocycles. The van der Waals surface area contributed by atoms with Crippen LogP contribution < -0.4 is 4.74 Å². The molecule has 1 fully saturated rings. The van der Waals surface area contributed by atoms with Gasteiger partial charge in [-0.15, -0.1) is 0 Å². The van der Waals surface area contributed by atoms with Crippen LogP contribution in [0.15, 0.2) is 12.1 Å². The van der Waals surface area contributed by atoms with Crippen LogP contribution in [-0.4, -0.2) is 31.0 Å². The molecule has 1 amide bonds. The fourth-order valence-electron chi connectivity index (χ4n) is 2.73. The molecule has 0 radical (unpaired) electrons. The number of halogens is 1. The maximum atomic E-state index is 12.4. The summed E-state index contributed by atoms with van der Waals surface area (Å²) < 4.78 is 5.19. The molecule has 1 unspecified atom stereocenters. The van der Waals surface area contributed by atoms with E-state index in [1.165, 1.54) is 6.42 Å². The van der Waals surface area contributed by atoms with Crippen molar-refractivity contribution in [3.05, 3.63) is 28.3 Å². The van der Waals surface area contributed by atoms with Gasteiger partial charge in [-0.1, -0.05) is 18.5 Å². The van der Waals surface area contributed by atoms with E-state index in [9.17, 15) is 4.79 Å². The molecule has 110 valence electrons. The topological polar surface area (TPSA) is 29.5 Å². The Bertz CT molecular complexity index is 501. The van der Waals surface area contributed by atoms with E-state index in [0.29, 0.717) is 23.1 Å². The van der Waals surface area contributed by atoms with Crippen LogP contribution in [-0.2, 0) is 11.2 Å². The third kappa shape index (κ3) is 3.45. The monoisotopic (exact) mass is 295 g/mol. The van der Waals surface area contributed by atoms with Crippen LogP contribution in [0.25, 0.3) is 0 Å². The fourth-order valence-corrected chi connectivity index (χ4v) is 3.00. The fraction of sp³-hybridized carbons (Fsp3) is 0.562. The van der Waals surface area contributed by atoms with Gasteiger partial charge in [0, 0.05) is 13.1 Å². The van der Waals surface area contributed by atoms with Gasteiger partial charge in [0.15, 0.2) is 0 Å². The van der Waals surface area contributed by atoms with Crippen LogP contribution in [0.1, 0.15) is 30.9 Å². The van der Waals surface area contributed by atoms with E-state index in [4.69, 9.17) is 16.3 Å². The zero-order chi connectivity index (χ0) is 14.7. The van der Waals surface area contributed by atoms with Gasteiger partial charge in [0.05, 0.1) is 18.6 Å². The SMILES string of the molecule is COc1cc(C)c(CC(=O)N2CCCC(C)C2)cc1Cl. The first-order valence-electron chi connectivity index (χ1n) is 7.12. The van der Waals surface area contributed by atoms with Crippen molar-refractivity contribution in [3.8, 4) is 5.75 Å². The van der Waals surface area contributed by atoms with Gasteiger partial charge in [-0.05, 0) is 48.9 Å². The van der Waals surface area contributed by atoms with E-state index < -0.39 is 0 Å². The summed E-state index contributed by atoms with van der Waals surface area (Å²) in [5.41, 5.74) is 2.03. The van der Waals surface area contributed by atoms with Crippen molar-refractivity contribution in [1.29, 1.82) is 0 Å². The van der Waals surface area contributed by atoms with Crippen LogP contribution in [0.5, 0.6) is 5.75 Å². The minimum Gasteiger partial charge on any atom is -0.495 e. The van der Waals surface area contributed by atoms with Gasteiger partial charge >= 0.3 is 0 Å². The van der Waals surface area contributed by atoms with E-state index in [1.54, 1.807) is 7.11 Å². The molecule has 0 aromatic heterocycles. The molecule has 1 aliphatic rings. The highest BCUT2D eigenvalue weighted by Gasteiger charge is 2.21. The second-order valence-corrected chi connectivity index (χ2v) is 6.08. The lowest BCUT2D eigenvalue weighted by molar-refractivity contribution is -0.132. The highest BCUT2D eigenvalue weighted by atomic mass is 35.5. The van der Waals surface area contributed by atoms with Crippen LogP contribution >= 0.6 is 11.6 Å². The maximum Gasteiger partial charge on any atom is 0.227 e. The van der Waals surface area contributed by atoms with Crippen LogP contribution in [0.4, 0.5) is 0 Å². The van der Waals surface area contributed by atoms with E-state index >= 15 is 0 Å². The Morgan fingerprint density at radius 2 is 2.25 bits per heavy atom. The lowest BCUT2D eigenvalue weighted by Crippen LogP contribution is -2.40. The number of benzene rings is 1. The molecule has 1 saturated heterocycles. The number of amides is 1. The third-order valence-corrected chi connectivity index (χ3v) is 4.26. The Labute approximate surface area is 125 Å². The lowest BCUT2D eigenvalue weighted by Gasteiger charge is -2.31. The number of carbonyl (C=O) groups excluding carboxylic acids is 1. The molecule has 0 spiro atoms. The molecule has 0 saturated carbocycles. The summed E-state index contributed by atoms with van der Waals surface area (Å²) >= 11 is 6.14. The number of rotatable bonds is 3. The third-order valence-electron chi connectivity index (χ3n) is 3.96. The molecule has 0 N–H and O–H groups in total. The Morgan fingerprint density at radius 1 is 1.50 bits per heavy atom. The molecular weight excluding hydrogens is 274 g/mol. The Morgan fingerprint density at radius 3 is 2.90 bits per heavy atom. The van der Waals surface area contributed by atoms with Crippen molar-refractivity contribution in [2.45, 2.75) is 33.1 Å². The highest BCUT2D eigenvalue weighted by Crippen LogP contribution is 2.28. The highest BCUT2D eigenvalue weighted by molar-refractivity contribution is 6.32. The van der Waals surface area contributed by atoms with Gasteiger partial charge in [0.2, 0.25) is 5.91 Å². The van der Waals surface area contributed by atoms with Crippen molar-refractivity contribution in [3.63, 3.8) is 0 Å². The second kappa shape index (κ2) is 6.49. The molecule has 1 heterocycles. The molecule has 1 aromatic rings. The molecule has 1 aromatic carbocycles. The standard InChI is InChI=1S/C16H22ClNO2/c1-11-5-4-6-18(10-11)16(19)9-13-8-14(17)15(20-3)7-12(13)2/h7-8,11H,4-6,9-10H2,1-3H3. The summed E-state index contributed by atoms with van der Waals surface area (Å²) in [6.07, 6.45) is 2.74. The number of ether oxygens (including phenoxy) is 1. The van der Waals surface area contributed by atoms with E-state index in [-0.39, 0.29) is 5.91 Å². The first kappa shape index (κ1) is 15.2. The van der Waals surface area contributed by atoms with E-state index in [2.05, 4.69) is 6.92 Å². The number of methoxy groups -OCH3 is 1. The predicted octanol–water partition coefficient (Wildman–Crippen LogP) is 3.46. The minimum absolute atomic E-state index is 0.195. The average Bonchev–Trinajstić information content (AvgIpc) is 2.42. The van der Waals surface area contributed by atoms with Crippen molar-refractivity contribution in [2.24, 2.45) is 5.92 Å². The molecule has 20 heavy (non-hydrogen) atoms. The number of carbonyl (C=O) groups is 1. The first-order valence-corrected chi connectivity index (χ1v) is 7.50. The molecule has 1 aliphatic heterocycles. The molecular formula is C16H22ClNO2. The number of hydrogen-bond acceptors (Lipinski definition) is 2. The Hall–Kier alpha value is -1.22. The normalized spacial score (nSPS) is 19.0. The van der Waals surface area contributed by atoms with Crippen LogP contribution in [0, 0.1) is 12.8 Å². The zero-order valence-corrected chi connectivity index (χ0v) is 13.2. The summed E-state index contributed by atoms with van der Waals surface area (Å²) in [5.74, 6) is 1.46. The molecule has 4 heteroatoms. The molecule has 3 nitrogen and oxygen atoms in total. The smallest absolute Gasteiger partial charge is 0.227 e. The number of hydrogen-bond donors (Lipinski definition) is 0. The first-order chi connectivity index (χ1) is 9.51. The number of piperidine rings is 1. The summed E-state index contributed by atoms with van der Waals surface area (Å²) in [7, 11) is 1.60. The zero-order valence-electron chi connectivity index (χ0n) is 12.4. The Kier molecular flexibility index (Phi) is 4.92. The molecule has 0 bridgehead atoms. The van der Waals surface area contributed by atoms with Gasteiger partial charge < -0.3 is 9.64 Å². The number of likely N-dealkylation sites (tertiary alicyclic amines) is 1. The van der Waals surface area contributed by atoms with Gasteiger partial charge in [-0.2, -0.15) is 0 Å². The summed E-state index contributed by atoms with van der Waals surface area (Å²) in [4.78, 5) is 14.4. The summed E-state index contributed by atoms with van der Waals surface area (Å²) in [6.45, 7) is 5.95. The van der Waals surface area contributed by atoms with Gasteiger partial charge in [-0.3, -0.25) is 4.79 Å². The van der Waals surface area contributed by atoms with E-state index in [1.807, 2.05) is 24.0 Å². The molecule has 2 rings (SSSR count). The summed E-state index contributed by atoms with van der Waals surface area (Å²) in [5, 5.41) is 0.563. The number of nitrogens with zero attached hydrogens (tertiary/aromatic N) is 1. The van der Waals surface area contributed by atoms with E-state index in [0.717, 1.165) is 30.6 Å². The van der Waals surface area contributed by atoms with Crippen molar-refractivity contribution in [2.75, 3.05) is 20.2 Å². The predicted molar refractivity (Wildman–Crippen MR) is 81.4 cm³/mol. The Balaban J connectivity index is 2.09. The number of aryl methyl sites for hydroxylation is 1.